The summed E-state index contributed by atoms with van der Waals surface area (Å²) in [5.74, 6) is 1.02. The molecule has 0 fully saturated rings. The summed E-state index contributed by atoms with van der Waals surface area (Å²) >= 11 is 0. The standard InChI is InChI=1S/C11H19NO.ClH/c1-2-3-4-5-8-12-10-11-7-6-9-13-11;/h6-7,9,12H,2-5,8,10H2,1H3;1H. The molecule has 0 unspecified atom stereocenters. The van der Waals surface area contributed by atoms with E-state index in [-0.39, 0.29) is 12.4 Å². The monoisotopic (exact) mass is 217 g/mol. The first-order chi connectivity index (χ1) is 6.43. The molecule has 0 aliphatic rings. The molecule has 82 valence electrons. The van der Waals surface area contributed by atoms with E-state index in [1.54, 1.807) is 6.26 Å². The second-order valence-electron chi connectivity index (χ2n) is 3.32. The third-order valence-corrected chi connectivity index (χ3v) is 2.09. The van der Waals surface area contributed by atoms with Gasteiger partial charge in [-0.05, 0) is 25.1 Å². The minimum Gasteiger partial charge on any atom is -0.468 e. The van der Waals surface area contributed by atoms with Gasteiger partial charge in [-0.25, -0.2) is 0 Å². The normalized spacial score (nSPS) is 9.79. The summed E-state index contributed by atoms with van der Waals surface area (Å²) in [5.41, 5.74) is 0. The number of nitrogens with one attached hydrogen (secondary N) is 1. The van der Waals surface area contributed by atoms with Crippen molar-refractivity contribution in [2.75, 3.05) is 6.54 Å². The van der Waals surface area contributed by atoms with Crippen LogP contribution in [0.3, 0.4) is 0 Å². The quantitative estimate of drug-likeness (QED) is 0.709. The zero-order chi connectivity index (χ0) is 9.36. The zero-order valence-corrected chi connectivity index (χ0v) is 9.61. The molecule has 0 spiro atoms. The highest BCUT2D eigenvalue weighted by Crippen LogP contribution is 2.00. The molecule has 0 saturated heterocycles. The van der Waals surface area contributed by atoms with E-state index in [1.807, 2.05) is 12.1 Å². The summed E-state index contributed by atoms with van der Waals surface area (Å²) in [6.07, 6.45) is 6.98. The maximum absolute atomic E-state index is 5.20. The lowest BCUT2D eigenvalue weighted by molar-refractivity contribution is 0.478. The van der Waals surface area contributed by atoms with E-state index in [0.29, 0.717) is 0 Å². The van der Waals surface area contributed by atoms with E-state index < -0.39 is 0 Å². The van der Waals surface area contributed by atoms with Crippen molar-refractivity contribution in [2.45, 2.75) is 39.2 Å². The number of hydrogen-bond acceptors (Lipinski definition) is 2. The average molecular weight is 218 g/mol. The average Bonchev–Trinajstić information content (AvgIpc) is 2.63. The van der Waals surface area contributed by atoms with Gasteiger partial charge in [-0.3, -0.25) is 0 Å². The predicted octanol–water partition coefficient (Wildman–Crippen LogP) is 3.37. The largest absolute Gasteiger partial charge is 0.468 e. The third-order valence-electron chi connectivity index (χ3n) is 2.09. The van der Waals surface area contributed by atoms with Crippen LogP contribution in [0.5, 0.6) is 0 Å². The molecule has 0 aliphatic heterocycles. The Morgan fingerprint density at radius 3 is 2.79 bits per heavy atom. The molecule has 0 saturated carbocycles. The lowest BCUT2D eigenvalue weighted by Gasteiger charge is -2.01. The summed E-state index contributed by atoms with van der Waals surface area (Å²) in [6.45, 7) is 4.19. The van der Waals surface area contributed by atoms with Gasteiger partial charge in [-0.15, -0.1) is 12.4 Å². The molecule has 14 heavy (non-hydrogen) atoms. The molecule has 1 aromatic heterocycles. The summed E-state index contributed by atoms with van der Waals surface area (Å²) in [7, 11) is 0. The number of unbranched alkanes of at least 4 members (excludes halogenated alkanes) is 3. The van der Waals surface area contributed by atoms with Crippen molar-refractivity contribution in [1.82, 2.24) is 5.32 Å². The Morgan fingerprint density at radius 1 is 1.29 bits per heavy atom. The molecule has 1 heterocycles. The van der Waals surface area contributed by atoms with Crippen molar-refractivity contribution in [1.29, 1.82) is 0 Å². The van der Waals surface area contributed by atoms with E-state index in [9.17, 15) is 0 Å². The first-order valence-corrected chi connectivity index (χ1v) is 5.16. The summed E-state index contributed by atoms with van der Waals surface area (Å²) in [6, 6.07) is 3.92. The van der Waals surface area contributed by atoms with E-state index in [1.165, 1.54) is 25.7 Å². The first kappa shape index (κ1) is 13.5. The lowest BCUT2D eigenvalue weighted by atomic mass is 10.2. The smallest absolute Gasteiger partial charge is 0.117 e. The Labute approximate surface area is 92.5 Å². The van der Waals surface area contributed by atoms with Crippen LogP contribution in [0.15, 0.2) is 22.8 Å². The maximum Gasteiger partial charge on any atom is 0.117 e. The highest BCUT2D eigenvalue weighted by molar-refractivity contribution is 5.85. The van der Waals surface area contributed by atoms with Gasteiger partial charge < -0.3 is 9.73 Å². The van der Waals surface area contributed by atoms with Gasteiger partial charge >= 0.3 is 0 Å². The van der Waals surface area contributed by atoms with Gasteiger partial charge in [0.05, 0.1) is 12.8 Å². The van der Waals surface area contributed by atoms with Crippen LogP contribution in [0, 0.1) is 0 Å². The fourth-order valence-corrected chi connectivity index (χ4v) is 1.30. The molecule has 0 bridgehead atoms. The minimum absolute atomic E-state index is 0. The van der Waals surface area contributed by atoms with Gasteiger partial charge in [0.15, 0.2) is 0 Å². The van der Waals surface area contributed by atoms with Crippen molar-refractivity contribution in [3.63, 3.8) is 0 Å². The van der Waals surface area contributed by atoms with E-state index >= 15 is 0 Å². The highest BCUT2D eigenvalue weighted by atomic mass is 35.5. The number of furan rings is 1. The van der Waals surface area contributed by atoms with Gasteiger partial charge in [0.1, 0.15) is 5.76 Å². The van der Waals surface area contributed by atoms with Crippen LogP contribution in [-0.4, -0.2) is 6.54 Å². The lowest BCUT2D eigenvalue weighted by Crippen LogP contribution is -2.13. The Kier molecular flexibility index (Phi) is 8.79. The Balaban J connectivity index is 0.00000169. The van der Waals surface area contributed by atoms with Crippen molar-refractivity contribution >= 4 is 12.4 Å². The minimum atomic E-state index is 0. The number of halogens is 1. The van der Waals surface area contributed by atoms with Crippen LogP contribution in [0.4, 0.5) is 0 Å². The maximum atomic E-state index is 5.20. The summed E-state index contributed by atoms with van der Waals surface area (Å²) in [4.78, 5) is 0. The molecular weight excluding hydrogens is 198 g/mol. The van der Waals surface area contributed by atoms with Crippen LogP contribution in [-0.2, 0) is 6.54 Å². The molecule has 1 aromatic rings. The van der Waals surface area contributed by atoms with Crippen LogP contribution in [0.2, 0.25) is 0 Å². The molecule has 0 aromatic carbocycles. The Morgan fingerprint density at radius 2 is 2.14 bits per heavy atom. The van der Waals surface area contributed by atoms with Crippen molar-refractivity contribution in [2.24, 2.45) is 0 Å². The molecule has 0 radical (unpaired) electrons. The number of hydrogen-bond donors (Lipinski definition) is 1. The van der Waals surface area contributed by atoms with Crippen LogP contribution < -0.4 is 5.32 Å². The SMILES string of the molecule is CCCCCCNCc1ccco1.Cl. The first-order valence-electron chi connectivity index (χ1n) is 5.16. The van der Waals surface area contributed by atoms with Gasteiger partial charge in [0, 0.05) is 0 Å². The van der Waals surface area contributed by atoms with Crippen molar-refractivity contribution in [3.8, 4) is 0 Å². The molecule has 0 amide bonds. The van der Waals surface area contributed by atoms with E-state index in [0.717, 1.165) is 18.8 Å². The second-order valence-corrected chi connectivity index (χ2v) is 3.32. The van der Waals surface area contributed by atoms with Crippen LogP contribution in [0.1, 0.15) is 38.4 Å². The molecule has 1 rings (SSSR count). The zero-order valence-electron chi connectivity index (χ0n) is 8.79. The molecule has 0 aliphatic carbocycles. The molecule has 3 heteroatoms. The summed E-state index contributed by atoms with van der Waals surface area (Å²) in [5, 5.41) is 3.35. The molecule has 2 nitrogen and oxygen atoms in total. The molecule has 1 N–H and O–H groups in total. The van der Waals surface area contributed by atoms with Gasteiger partial charge in [-0.1, -0.05) is 26.2 Å². The van der Waals surface area contributed by atoms with E-state index in [2.05, 4.69) is 12.2 Å². The van der Waals surface area contributed by atoms with Crippen LogP contribution >= 0.6 is 12.4 Å². The van der Waals surface area contributed by atoms with E-state index in [4.69, 9.17) is 4.42 Å². The Bertz CT molecular complexity index is 199. The predicted molar refractivity (Wildman–Crippen MR) is 61.8 cm³/mol. The van der Waals surface area contributed by atoms with Crippen LogP contribution in [0.25, 0.3) is 0 Å². The van der Waals surface area contributed by atoms with Gasteiger partial charge in [0.2, 0.25) is 0 Å². The Hall–Kier alpha value is -0.470. The number of rotatable bonds is 7. The second kappa shape index (κ2) is 9.10. The third kappa shape index (κ3) is 6.06. The van der Waals surface area contributed by atoms with Gasteiger partial charge in [0.25, 0.3) is 0 Å². The van der Waals surface area contributed by atoms with Gasteiger partial charge in [-0.2, -0.15) is 0 Å². The summed E-state index contributed by atoms with van der Waals surface area (Å²) < 4.78 is 5.20. The fourth-order valence-electron chi connectivity index (χ4n) is 1.30. The highest BCUT2D eigenvalue weighted by Gasteiger charge is 1.93. The topological polar surface area (TPSA) is 25.2 Å². The fraction of sp³-hybridized carbons (Fsp3) is 0.636. The molecule has 0 atom stereocenters. The molecular formula is C11H20ClNO. The van der Waals surface area contributed by atoms with Crippen molar-refractivity contribution in [3.05, 3.63) is 24.2 Å². The van der Waals surface area contributed by atoms with Crippen molar-refractivity contribution < 1.29 is 4.42 Å².